The quantitative estimate of drug-likeness (QED) is 0.568. The molecule has 0 aliphatic carbocycles. The van der Waals surface area contributed by atoms with E-state index in [1.807, 2.05) is 36.7 Å². The summed E-state index contributed by atoms with van der Waals surface area (Å²) in [5, 5.41) is 8.07. The summed E-state index contributed by atoms with van der Waals surface area (Å²) in [7, 11) is 0. The van der Waals surface area contributed by atoms with Crippen molar-refractivity contribution in [2.75, 3.05) is 0 Å². The molecule has 1 heterocycles. The molecule has 0 spiro atoms. The predicted octanol–water partition coefficient (Wildman–Crippen LogP) is 5.28. The van der Waals surface area contributed by atoms with Crippen LogP contribution < -0.4 is 10.1 Å². The lowest BCUT2D eigenvalue weighted by Gasteiger charge is -2.16. The van der Waals surface area contributed by atoms with Gasteiger partial charge in [-0.05, 0) is 49.7 Å². The predicted molar refractivity (Wildman–Crippen MR) is 111 cm³/mol. The van der Waals surface area contributed by atoms with Crippen molar-refractivity contribution in [1.82, 2.24) is 15.1 Å². The van der Waals surface area contributed by atoms with E-state index in [-0.39, 0.29) is 18.6 Å². The minimum absolute atomic E-state index is 0.153. The number of hydrogen-bond donors (Lipinski definition) is 1. The van der Waals surface area contributed by atoms with Crippen LogP contribution in [-0.4, -0.2) is 15.7 Å². The van der Waals surface area contributed by atoms with Gasteiger partial charge in [-0.1, -0.05) is 41.4 Å². The van der Waals surface area contributed by atoms with Crippen LogP contribution in [0.1, 0.15) is 41.5 Å². The van der Waals surface area contributed by atoms with Crippen molar-refractivity contribution in [3.8, 4) is 5.75 Å². The van der Waals surface area contributed by atoms with E-state index >= 15 is 0 Å². The second-order valence-corrected chi connectivity index (χ2v) is 7.09. The standard InChI is InChI=1S/C21H21Cl2N3O2/c1-3-26-18(10-11-24-26)14(2)25-21(27)16-7-4-6-15(12-16)13-28-19-9-5-8-17(22)20(19)23/h4-12,14H,3,13H2,1-2H3,(H,25,27). The number of aryl methyl sites for hydroxylation is 1. The Labute approximate surface area is 174 Å². The van der Waals surface area contributed by atoms with E-state index < -0.39 is 0 Å². The molecule has 1 amide bonds. The van der Waals surface area contributed by atoms with E-state index in [0.29, 0.717) is 21.4 Å². The molecule has 146 valence electrons. The normalized spacial score (nSPS) is 11.9. The minimum Gasteiger partial charge on any atom is -0.487 e. The largest absolute Gasteiger partial charge is 0.487 e. The Kier molecular flexibility index (Phi) is 6.60. The Hall–Kier alpha value is -2.50. The number of halogens is 2. The molecule has 0 saturated carbocycles. The number of amides is 1. The molecule has 0 aliphatic heterocycles. The fraction of sp³-hybridized carbons (Fsp3) is 0.238. The summed E-state index contributed by atoms with van der Waals surface area (Å²) in [4.78, 5) is 12.7. The molecule has 3 rings (SSSR count). The molecule has 0 aliphatic rings. The second kappa shape index (κ2) is 9.13. The summed E-state index contributed by atoms with van der Waals surface area (Å²) in [5.41, 5.74) is 2.38. The maximum Gasteiger partial charge on any atom is 0.251 e. The van der Waals surface area contributed by atoms with Gasteiger partial charge in [0.2, 0.25) is 0 Å². The van der Waals surface area contributed by atoms with E-state index in [9.17, 15) is 4.79 Å². The van der Waals surface area contributed by atoms with E-state index in [1.54, 1.807) is 36.5 Å². The van der Waals surface area contributed by atoms with Gasteiger partial charge >= 0.3 is 0 Å². The summed E-state index contributed by atoms with van der Waals surface area (Å²) in [5.74, 6) is 0.351. The molecule has 28 heavy (non-hydrogen) atoms. The highest BCUT2D eigenvalue weighted by atomic mass is 35.5. The third-order valence-corrected chi connectivity index (χ3v) is 5.14. The maximum absolute atomic E-state index is 12.7. The Morgan fingerprint density at radius 3 is 2.79 bits per heavy atom. The molecular formula is C21H21Cl2N3O2. The summed E-state index contributed by atoms with van der Waals surface area (Å²) in [6, 6.07) is 14.3. The highest BCUT2D eigenvalue weighted by Crippen LogP contribution is 2.32. The Bertz CT molecular complexity index is 972. The summed E-state index contributed by atoms with van der Waals surface area (Å²) in [6.07, 6.45) is 1.74. The lowest BCUT2D eigenvalue weighted by atomic mass is 10.1. The summed E-state index contributed by atoms with van der Waals surface area (Å²) >= 11 is 12.1. The molecule has 0 bridgehead atoms. The van der Waals surface area contributed by atoms with Crippen molar-refractivity contribution in [2.45, 2.75) is 33.0 Å². The zero-order valence-corrected chi connectivity index (χ0v) is 17.2. The van der Waals surface area contributed by atoms with Crippen molar-refractivity contribution in [2.24, 2.45) is 0 Å². The molecule has 5 nitrogen and oxygen atoms in total. The van der Waals surface area contributed by atoms with Crippen LogP contribution in [0.2, 0.25) is 10.0 Å². The topological polar surface area (TPSA) is 56.2 Å². The van der Waals surface area contributed by atoms with Gasteiger partial charge in [-0.3, -0.25) is 9.48 Å². The maximum atomic E-state index is 12.7. The molecule has 2 aromatic carbocycles. The summed E-state index contributed by atoms with van der Waals surface area (Å²) in [6.45, 7) is 4.98. The number of rotatable bonds is 7. The number of nitrogens with zero attached hydrogens (tertiary/aromatic N) is 2. The SMILES string of the molecule is CCn1nccc1C(C)NC(=O)c1cccc(COc2cccc(Cl)c2Cl)c1. The van der Waals surface area contributed by atoms with Gasteiger partial charge in [0.1, 0.15) is 17.4 Å². The molecule has 1 atom stereocenters. The van der Waals surface area contributed by atoms with Gasteiger partial charge in [0.25, 0.3) is 5.91 Å². The highest BCUT2D eigenvalue weighted by Gasteiger charge is 2.15. The first-order valence-corrected chi connectivity index (χ1v) is 9.73. The average Bonchev–Trinajstić information content (AvgIpc) is 3.18. The highest BCUT2D eigenvalue weighted by molar-refractivity contribution is 6.42. The number of nitrogens with one attached hydrogen (secondary N) is 1. The molecular weight excluding hydrogens is 397 g/mol. The zero-order chi connectivity index (χ0) is 20.1. The first-order valence-electron chi connectivity index (χ1n) is 8.98. The zero-order valence-electron chi connectivity index (χ0n) is 15.7. The van der Waals surface area contributed by atoms with Crippen LogP contribution in [0.3, 0.4) is 0 Å². The van der Waals surface area contributed by atoms with Gasteiger partial charge in [0.05, 0.1) is 16.8 Å². The third-order valence-electron chi connectivity index (χ3n) is 4.34. The van der Waals surface area contributed by atoms with E-state index in [0.717, 1.165) is 17.8 Å². The van der Waals surface area contributed by atoms with Crippen LogP contribution in [0, 0.1) is 0 Å². The molecule has 0 fully saturated rings. The first kappa shape index (κ1) is 20.2. The molecule has 3 aromatic rings. The number of ether oxygens (including phenoxy) is 1. The van der Waals surface area contributed by atoms with Crippen molar-refractivity contribution >= 4 is 29.1 Å². The van der Waals surface area contributed by atoms with Gasteiger partial charge in [0.15, 0.2) is 0 Å². The van der Waals surface area contributed by atoms with Crippen molar-refractivity contribution in [3.63, 3.8) is 0 Å². The minimum atomic E-state index is -0.154. The second-order valence-electron chi connectivity index (χ2n) is 6.31. The van der Waals surface area contributed by atoms with Crippen LogP contribution in [-0.2, 0) is 13.2 Å². The lowest BCUT2D eigenvalue weighted by Crippen LogP contribution is -2.28. The first-order chi connectivity index (χ1) is 13.5. The number of carbonyl (C=O) groups is 1. The van der Waals surface area contributed by atoms with Crippen LogP contribution >= 0.6 is 23.2 Å². The van der Waals surface area contributed by atoms with Crippen molar-refractivity contribution < 1.29 is 9.53 Å². The number of carbonyl (C=O) groups excluding carboxylic acids is 1. The molecule has 7 heteroatoms. The van der Waals surface area contributed by atoms with Crippen LogP contribution in [0.25, 0.3) is 0 Å². The van der Waals surface area contributed by atoms with Gasteiger partial charge in [0, 0.05) is 18.3 Å². The average molecular weight is 418 g/mol. The monoisotopic (exact) mass is 417 g/mol. The van der Waals surface area contributed by atoms with Crippen LogP contribution in [0.5, 0.6) is 5.75 Å². The Morgan fingerprint density at radius 1 is 1.21 bits per heavy atom. The van der Waals surface area contributed by atoms with Crippen LogP contribution in [0.4, 0.5) is 0 Å². The van der Waals surface area contributed by atoms with Gasteiger partial charge in [-0.25, -0.2) is 0 Å². The summed E-state index contributed by atoms with van der Waals surface area (Å²) < 4.78 is 7.61. The molecule has 0 saturated heterocycles. The van der Waals surface area contributed by atoms with Crippen LogP contribution in [0.15, 0.2) is 54.7 Å². The van der Waals surface area contributed by atoms with Gasteiger partial charge < -0.3 is 10.1 Å². The molecule has 0 radical (unpaired) electrons. The molecule has 1 N–H and O–H groups in total. The Balaban J connectivity index is 1.67. The number of hydrogen-bond acceptors (Lipinski definition) is 3. The Morgan fingerprint density at radius 2 is 2.00 bits per heavy atom. The van der Waals surface area contributed by atoms with Gasteiger partial charge in [-0.15, -0.1) is 0 Å². The van der Waals surface area contributed by atoms with Crippen molar-refractivity contribution in [3.05, 3.63) is 81.6 Å². The molecule has 1 aromatic heterocycles. The fourth-order valence-corrected chi connectivity index (χ4v) is 3.23. The molecule has 1 unspecified atom stereocenters. The van der Waals surface area contributed by atoms with E-state index in [1.165, 1.54) is 0 Å². The van der Waals surface area contributed by atoms with E-state index in [2.05, 4.69) is 10.4 Å². The van der Waals surface area contributed by atoms with Crippen molar-refractivity contribution in [1.29, 1.82) is 0 Å². The lowest BCUT2D eigenvalue weighted by molar-refractivity contribution is 0.0938. The smallest absolute Gasteiger partial charge is 0.251 e. The van der Waals surface area contributed by atoms with Gasteiger partial charge in [-0.2, -0.15) is 5.10 Å². The third kappa shape index (κ3) is 4.66. The number of aromatic nitrogens is 2. The van der Waals surface area contributed by atoms with E-state index in [4.69, 9.17) is 27.9 Å². The number of benzene rings is 2. The fourth-order valence-electron chi connectivity index (χ4n) is 2.89.